The molecule has 0 atom stereocenters. The number of aryl methyl sites for hydroxylation is 1. The molecule has 0 aromatic heterocycles. The van der Waals surface area contributed by atoms with Gasteiger partial charge in [0.25, 0.3) is 0 Å². The molecule has 0 amide bonds. The number of aliphatic hydroxyl groups is 1. The van der Waals surface area contributed by atoms with Gasteiger partial charge in [-0.15, -0.1) is 0 Å². The molecular weight excluding hydrogens is 275 g/mol. The second kappa shape index (κ2) is 4.00. The minimum Gasteiger partial charge on any atom is -0.492 e. The summed E-state index contributed by atoms with van der Waals surface area (Å²) in [7, 11) is 1.44. The molecule has 0 saturated heterocycles. The molecule has 1 aromatic rings. The van der Waals surface area contributed by atoms with Crippen LogP contribution in [-0.2, 0) is 6.42 Å². The van der Waals surface area contributed by atoms with Gasteiger partial charge in [-0.05, 0) is 46.8 Å². The van der Waals surface area contributed by atoms with Crippen LogP contribution in [0.2, 0.25) is 0 Å². The van der Waals surface area contributed by atoms with Gasteiger partial charge in [-0.3, -0.25) is 0 Å². The minimum absolute atomic E-state index is 0.222. The van der Waals surface area contributed by atoms with E-state index in [9.17, 15) is 9.50 Å². The third-order valence-corrected chi connectivity index (χ3v) is 3.95. The summed E-state index contributed by atoms with van der Waals surface area (Å²) in [6.45, 7) is 1.88. The smallest absolute Gasteiger partial charge is 0.169 e. The van der Waals surface area contributed by atoms with Gasteiger partial charge in [-0.1, -0.05) is 6.07 Å². The summed E-state index contributed by atoms with van der Waals surface area (Å²) >= 11 is 3.29. The van der Waals surface area contributed by atoms with E-state index < -0.39 is 5.60 Å². The zero-order valence-corrected chi connectivity index (χ0v) is 10.9. The van der Waals surface area contributed by atoms with Crippen LogP contribution in [0.1, 0.15) is 24.0 Å². The summed E-state index contributed by atoms with van der Waals surface area (Å²) < 4.78 is 19.7. The van der Waals surface area contributed by atoms with Crippen LogP contribution in [0.25, 0.3) is 0 Å². The summed E-state index contributed by atoms with van der Waals surface area (Å²) in [4.78, 5) is 0. The van der Waals surface area contributed by atoms with Crippen molar-refractivity contribution in [1.82, 2.24) is 0 Å². The van der Waals surface area contributed by atoms with Crippen LogP contribution in [0.5, 0.6) is 5.75 Å². The van der Waals surface area contributed by atoms with Crippen LogP contribution >= 0.6 is 15.9 Å². The number of benzene rings is 1. The van der Waals surface area contributed by atoms with Gasteiger partial charge in [0.2, 0.25) is 0 Å². The number of hydrogen-bond donors (Lipinski definition) is 1. The molecule has 4 heteroatoms. The first kappa shape index (κ1) is 11.9. The van der Waals surface area contributed by atoms with Gasteiger partial charge in [0.05, 0.1) is 17.2 Å². The molecule has 1 saturated carbocycles. The number of methoxy groups -OCH3 is 1. The molecule has 2 rings (SSSR count). The predicted octanol–water partition coefficient (Wildman–Crippen LogP) is 2.97. The monoisotopic (exact) mass is 288 g/mol. The van der Waals surface area contributed by atoms with Gasteiger partial charge in [0.1, 0.15) is 0 Å². The molecule has 1 N–H and O–H groups in total. The third-order valence-electron chi connectivity index (χ3n) is 2.97. The molecule has 0 aliphatic heterocycles. The van der Waals surface area contributed by atoms with Crippen molar-refractivity contribution in [3.05, 3.63) is 27.5 Å². The van der Waals surface area contributed by atoms with Crippen LogP contribution in [-0.4, -0.2) is 17.8 Å². The molecule has 0 bridgehead atoms. The molecule has 0 spiro atoms. The number of ether oxygens (including phenoxy) is 1. The van der Waals surface area contributed by atoms with Gasteiger partial charge in [0, 0.05) is 6.42 Å². The van der Waals surface area contributed by atoms with Gasteiger partial charge in [-0.2, -0.15) is 0 Å². The average Bonchev–Trinajstić information content (AvgIpc) is 2.94. The Bertz CT molecular complexity index is 428. The molecule has 2 nitrogen and oxygen atoms in total. The van der Waals surface area contributed by atoms with E-state index in [-0.39, 0.29) is 11.6 Å². The topological polar surface area (TPSA) is 29.5 Å². The van der Waals surface area contributed by atoms with E-state index in [1.165, 1.54) is 7.11 Å². The second-order valence-corrected chi connectivity index (χ2v) is 5.21. The lowest BCUT2D eigenvalue weighted by molar-refractivity contribution is 0.149. The average molecular weight is 289 g/mol. The fraction of sp³-hybridized carbons (Fsp3) is 0.500. The highest BCUT2D eigenvalue weighted by Gasteiger charge is 2.41. The van der Waals surface area contributed by atoms with E-state index in [1.54, 1.807) is 6.07 Å². The van der Waals surface area contributed by atoms with Crippen molar-refractivity contribution >= 4 is 15.9 Å². The Hall–Kier alpha value is -0.610. The van der Waals surface area contributed by atoms with E-state index in [4.69, 9.17) is 4.74 Å². The molecule has 1 fully saturated rings. The largest absolute Gasteiger partial charge is 0.492 e. The number of rotatable bonds is 3. The predicted molar refractivity (Wildman–Crippen MR) is 63.3 cm³/mol. The van der Waals surface area contributed by atoms with Gasteiger partial charge in [0.15, 0.2) is 11.6 Å². The van der Waals surface area contributed by atoms with Crippen molar-refractivity contribution in [1.29, 1.82) is 0 Å². The lowest BCUT2D eigenvalue weighted by atomic mass is 10.0. The minimum atomic E-state index is -0.688. The molecular formula is C12H14BrFO2. The summed E-state index contributed by atoms with van der Waals surface area (Å²) in [6, 6.07) is 1.76. The van der Waals surface area contributed by atoms with Crippen LogP contribution in [0.4, 0.5) is 4.39 Å². The highest BCUT2D eigenvalue weighted by atomic mass is 79.9. The summed E-state index contributed by atoms with van der Waals surface area (Å²) in [5.74, 6) is -0.153. The van der Waals surface area contributed by atoms with Crippen LogP contribution in [0.15, 0.2) is 10.5 Å². The Labute approximate surface area is 103 Å². The molecule has 88 valence electrons. The molecule has 1 aliphatic rings. The maximum Gasteiger partial charge on any atom is 0.169 e. The Morgan fingerprint density at radius 3 is 2.69 bits per heavy atom. The van der Waals surface area contributed by atoms with Crippen molar-refractivity contribution in [2.75, 3.05) is 7.11 Å². The number of hydrogen-bond acceptors (Lipinski definition) is 2. The highest BCUT2D eigenvalue weighted by molar-refractivity contribution is 9.10. The first-order chi connectivity index (χ1) is 7.47. The Morgan fingerprint density at radius 2 is 2.19 bits per heavy atom. The molecule has 1 aliphatic carbocycles. The fourth-order valence-electron chi connectivity index (χ4n) is 1.79. The molecule has 0 unspecified atom stereocenters. The maximum absolute atomic E-state index is 14.0. The first-order valence-electron chi connectivity index (χ1n) is 5.21. The SMILES string of the molecule is COc1c(F)c(CC2(O)CC2)cc(C)c1Br. The summed E-state index contributed by atoms with van der Waals surface area (Å²) in [6.07, 6.45) is 1.87. The zero-order valence-electron chi connectivity index (χ0n) is 9.31. The van der Waals surface area contributed by atoms with Crippen LogP contribution in [0.3, 0.4) is 0 Å². The van der Waals surface area contributed by atoms with Crippen molar-refractivity contribution in [2.45, 2.75) is 31.8 Å². The first-order valence-corrected chi connectivity index (χ1v) is 6.00. The fourth-order valence-corrected chi connectivity index (χ4v) is 2.24. The molecule has 0 radical (unpaired) electrons. The Balaban J connectivity index is 2.41. The van der Waals surface area contributed by atoms with E-state index in [1.807, 2.05) is 6.92 Å². The zero-order chi connectivity index (χ0) is 11.9. The Kier molecular flexibility index (Phi) is 2.97. The van der Waals surface area contributed by atoms with Gasteiger partial charge in [-0.25, -0.2) is 4.39 Å². The highest BCUT2D eigenvalue weighted by Crippen LogP contribution is 2.41. The second-order valence-electron chi connectivity index (χ2n) is 4.41. The molecule has 0 heterocycles. The van der Waals surface area contributed by atoms with Crippen molar-refractivity contribution < 1.29 is 14.2 Å². The van der Waals surface area contributed by atoms with Crippen molar-refractivity contribution in [3.63, 3.8) is 0 Å². The summed E-state index contributed by atoms with van der Waals surface area (Å²) in [5, 5.41) is 9.81. The van der Waals surface area contributed by atoms with Crippen molar-refractivity contribution in [3.8, 4) is 5.75 Å². The van der Waals surface area contributed by atoms with Crippen LogP contribution in [0, 0.1) is 12.7 Å². The quantitative estimate of drug-likeness (QED) is 0.927. The van der Waals surface area contributed by atoms with Crippen LogP contribution < -0.4 is 4.74 Å². The van der Waals surface area contributed by atoms with Crippen molar-refractivity contribution in [2.24, 2.45) is 0 Å². The van der Waals surface area contributed by atoms with E-state index in [0.717, 1.165) is 18.4 Å². The van der Waals surface area contributed by atoms with Gasteiger partial charge >= 0.3 is 0 Å². The van der Waals surface area contributed by atoms with E-state index in [2.05, 4.69) is 15.9 Å². The molecule has 1 aromatic carbocycles. The third kappa shape index (κ3) is 2.09. The standard InChI is InChI=1S/C12H14BrFO2/c1-7-5-8(6-12(15)3-4-12)10(14)11(16-2)9(7)13/h5,15H,3-4,6H2,1-2H3. The maximum atomic E-state index is 14.0. The van der Waals surface area contributed by atoms with E-state index in [0.29, 0.717) is 16.5 Å². The molecule has 16 heavy (non-hydrogen) atoms. The Morgan fingerprint density at radius 1 is 1.56 bits per heavy atom. The lowest BCUT2D eigenvalue weighted by Gasteiger charge is -2.14. The van der Waals surface area contributed by atoms with Gasteiger partial charge < -0.3 is 9.84 Å². The summed E-state index contributed by atoms with van der Waals surface area (Å²) in [5.41, 5.74) is 0.751. The normalized spacial score (nSPS) is 17.3. The lowest BCUT2D eigenvalue weighted by Crippen LogP contribution is -2.13. The van der Waals surface area contributed by atoms with E-state index >= 15 is 0 Å². The number of halogens is 2.